The smallest absolute Gasteiger partial charge is 0.333 e. The van der Waals surface area contributed by atoms with Gasteiger partial charge in [-0.3, -0.25) is 0 Å². The van der Waals surface area contributed by atoms with Gasteiger partial charge in [0.1, 0.15) is 5.82 Å². The van der Waals surface area contributed by atoms with Crippen LogP contribution in [0.25, 0.3) is 5.82 Å². The summed E-state index contributed by atoms with van der Waals surface area (Å²) in [6, 6.07) is 3.96. The highest BCUT2D eigenvalue weighted by molar-refractivity contribution is 5.22. The minimum atomic E-state index is -0.600. The van der Waals surface area contributed by atoms with Gasteiger partial charge in [-0.05, 0) is 19.1 Å². The summed E-state index contributed by atoms with van der Waals surface area (Å²) in [6.45, 7) is 1.64. The second-order valence-electron chi connectivity index (χ2n) is 2.69. The fourth-order valence-electron chi connectivity index (χ4n) is 1.11. The lowest BCUT2D eigenvalue weighted by Crippen LogP contribution is -2.02. The van der Waals surface area contributed by atoms with Gasteiger partial charge in [-0.15, -0.1) is 5.10 Å². The number of rotatable bonds is 1. The first-order chi connectivity index (χ1) is 6.66. The Morgan fingerprint density at radius 2 is 2.14 bits per heavy atom. The second-order valence-corrected chi connectivity index (χ2v) is 2.69. The molecule has 2 heterocycles. The maximum absolute atomic E-state index is 12.8. The van der Waals surface area contributed by atoms with Gasteiger partial charge in [-0.2, -0.15) is 14.1 Å². The quantitative estimate of drug-likeness (QED) is 0.682. The number of pyridine rings is 1. The molecule has 2 rings (SSSR count). The minimum absolute atomic E-state index is 0.287. The lowest BCUT2D eigenvalue weighted by molar-refractivity contribution is 0.429. The normalized spacial score (nSPS) is 10.4. The van der Waals surface area contributed by atoms with Gasteiger partial charge in [0, 0.05) is 0 Å². The molecule has 6 heteroatoms. The SMILES string of the molecule is Cc1nc(O)nn1-c1cccc(F)n1. The first kappa shape index (κ1) is 8.61. The van der Waals surface area contributed by atoms with E-state index in [-0.39, 0.29) is 11.8 Å². The molecular formula is C8H7FN4O. The lowest BCUT2D eigenvalue weighted by atomic mass is 10.4. The van der Waals surface area contributed by atoms with Gasteiger partial charge in [-0.1, -0.05) is 6.07 Å². The summed E-state index contributed by atoms with van der Waals surface area (Å²) in [5.41, 5.74) is 0. The molecule has 0 saturated carbocycles. The van der Waals surface area contributed by atoms with Crippen LogP contribution in [0.3, 0.4) is 0 Å². The summed E-state index contributed by atoms with van der Waals surface area (Å²) in [4.78, 5) is 7.26. The Labute approximate surface area is 78.9 Å². The van der Waals surface area contributed by atoms with Crippen LogP contribution in [0.5, 0.6) is 6.01 Å². The van der Waals surface area contributed by atoms with Crippen LogP contribution in [0, 0.1) is 12.9 Å². The van der Waals surface area contributed by atoms with Crippen LogP contribution in [0.1, 0.15) is 5.82 Å². The van der Waals surface area contributed by atoms with Crippen LogP contribution in [0.4, 0.5) is 4.39 Å². The van der Waals surface area contributed by atoms with Crippen molar-refractivity contribution in [3.63, 3.8) is 0 Å². The monoisotopic (exact) mass is 194 g/mol. The fourth-order valence-corrected chi connectivity index (χ4v) is 1.11. The molecule has 0 bridgehead atoms. The van der Waals surface area contributed by atoms with Gasteiger partial charge in [0.25, 0.3) is 0 Å². The summed E-state index contributed by atoms with van der Waals surface area (Å²) >= 11 is 0. The molecule has 1 N–H and O–H groups in total. The highest BCUT2D eigenvalue weighted by Crippen LogP contribution is 2.09. The molecule has 2 aromatic heterocycles. The molecule has 0 fully saturated rings. The fraction of sp³-hybridized carbons (Fsp3) is 0.125. The average molecular weight is 194 g/mol. The van der Waals surface area contributed by atoms with Crippen LogP contribution >= 0.6 is 0 Å². The molecule has 0 aliphatic heterocycles. The number of halogens is 1. The first-order valence-corrected chi connectivity index (χ1v) is 3.92. The Hall–Kier alpha value is -1.98. The summed E-state index contributed by atoms with van der Waals surface area (Å²) in [5.74, 6) is 0.132. The molecule has 0 aromatic carbocycles. The predicted molar refractivity (Wildman–Crippen MR) is 45.5 cm³/mol. The van der Waals surface area contributed by atoms with E-state index >= 15 is 0 Å². The first-order valence-electron chi connectivity index (χ1n) is 3.92. The standard InChI is InChI=1S/C8H7FN4O/c1-5-10-8(14)12-13(5)7-4-2-3-6(9)11-7/h2-4H,1H3,(H,12,14). The molecule has 0 amide bonds. The maximum Gasteiger partial charge on any atom is 0.333 e. The minimum Gasteiger partial charge on any atom is -0.478 e. The molecule has 0 aliphatic carbocycles. The molecule has 0 unspecified atom stereocenters. The topological polar surface area (TPSA) is 63.8 Å². The van der Waals surface area contributed by atoms with Gasteiger partial charge in [0.2, 0.25) is 5.95 Å². The molecule has 0 radical (unpaired) electrons. The van der Waals surface area contributed by atoms with Crippen molar-refractivity contribution in [3.05, 3.63) is 30.0 Å². The Bertz CT molecular complexity index is 468. The number of nitrogens with zero attached hydrogens (tertiary/aromatic N) is 4. The average Bonchev–Trinajstić information content (AvgIpc) is 2.45. The molecular weight excluding hydrogens is 187 g/mol. The van der Waals surface area contributed by atoms with Gasteiger partial charge in [0.15, 0.2) is 5.82 Å². The number of hydrogen-bond acceptors (Lipinski definition) is 4. The molecule has 0 aliphatic rings. The zero-order valence-electron chi connectivity index (χ0n) is 7.35. The van der Waals surface area contributed by atoms with Crippen molar-refractivity contribution in [2.24, 2.45) is 0 Å². The van der Waals surface area contributed by atoms with E-state index in [0.717, 1.165) is 0 Å². The number of hydrogen-bond donors (Lipinski definition) is 1. The Balaban J connectivity index is 2.54. The largest absolute Gasteiger partial charge is 0.478 e. The van der Waals surface area contributed by atoms with E-state index in [1.165, 1.54) is 16.8 Å². The number of aromatic hydroxyl groups is 1. The summed E-state index contributed by atoms with van der Waals surface area (Å²) in [5, 5.41) is 12.7. The number of aromatic nitrogens is 4. The van der Waals surface area contributed by atoms with Gasteiger partial charge in [-0.25, -0.2) is 4.98 Å². The van der Waals surface area contributed by atoms with E-state index in [0.29, 0.717) is 5.82 Å². The summed E-state index contributed by atoms with van der Waals surface area (Å²) in [7, 11) is 0. The van der Waals surface area contributed by atoms with Crippen LogP contribution in [-0.2, 0) is 0 Å². The molecule has 72 valence electrons. The zero-order valence-corrected chi connectivity index (χ0v) is 7.35. The second kappa shape index (κ2) is 3.06. The van der Waals surface area contributed by atoms with E-state index in [1.807, 2.05) is 0 Å². The van der Waals surface area contributed by atoms with Crippen molar-refractivity contribution in [2.75, 3.05) is 0 Å². The highest BCUT2D eigenvalue weighted by atomic mass is 19.1. The molecule has 14 heavy (non-hydrogen) atoms. The molecule has 0 atom stereocenters. The summed E-state index contributed by atoms with van der Waals surface area (Å²) < 4.78 is 14.0. The third kappa shape index (κ3) is 1.41. The van der Waals surface area contributed by atoms with E-state index in [4.69, 9.17) is 5.11 Å². The molecule has 5 nitrogen and oxygen atoms in total. The van der Waals surface area contributed by atoms with Crippen molar-refractivity contribution in [1.82, 2.24) is 19.7 Å². The van der Waals surface area contributed by atoms with Crippen molar-refractivity contribution < 1.29 is 9.50 Å². The molecule has 2 aromatic rings. The predicted octanol–water partition coefficient (Wildman–Crippen LogP) is 0.815. The van der Waals surface area contributed by atoms with Crippen LogP contribution < -0.4 is 0 Å². The van der Waals surface area contributed by atoms with E-state index in [9.17, 15) is 4.39 Å². The summed E-state index contributed by atoms with van der Waals surface area (Å²) in [6.07, 6.45) is 0. The van der Waals surface area contributed by atoms with Crippen LogP contribution in [0.2, 0.25) is 0 Å². The third-order valence-corrected chi connectivity index (χ3v) is 1.68. The van der Waals surface area contributed by atoms with Crippen molar-refractivity contribution >= 4 is 0 Å². The lowest BCUT2D eigenvalue weighted by Gasteiger charge is -1.99. The van der Waals surface area contributed by atoms with Crippen LogP contribution in [-0.4, -0.2) is 24.9 Å². The maximum atomic E-state index is 12.8. The van der Waals surface area contributed by atoms with Gasteiger partial charge < -0.3 is 5.11 Å². The van der Waals surface area contributed by atoms with Crippen molar-refractivity contribution in [2.45, 2.75) is 6.92 Å². The third-order valence-electron chi connectivity index (χ3n) is 1.68. The highest BCUT2D eigenvalue weighted by Gasteiger charge is 2.07. The van der Waals surface area contributed by atoms with Crippen molar-refractivity contribution in [3.8, 4) is 11.8 Å². The van der Waals surface area contributed by atoms with E-state index in [2.05, 4.69) is 15.1 Å². The van der Waals surface area contributed by atoms with E-state index < -0.39 is 5.95 Å². The van der Waals surface area contributed by atoms with E-state index in [1.54, 1.807) is 13.0 Å². The molecule has 0 spiro atoms. The van der Waals surface area contributed by atoms with Gasteiger partial charge in [0.05, 0.1) is 0 Å². The number of aryl methyl sites for hydroxylation is 1. The Kier molecular flexibility index (Phi) is 1.88. The molecule has 0 saturated heterocycles. The van der Waals surface area contributed by atoms with Crippen LogP contribution in [0.15, 0.2) is 18.2 Å². The zero-order chi connectivity index (χ0) is 10.1. The Morgan fingerprint density at radius 3 is 2.71 bits per heavy atom. The Morgan fingerprint density at radius 1 is 1.36 bits per heavy atom. The van der Waals surface area contributed by atoms with Crippen molar-refractivity contribution in [1.29, 1.82) is 0 Å². The van der Waals surface area contributed by atoms with Gasteiger partial charge >= 0.3 is 6.01 Å².